The van der Waals surface area contributed by atoms with Crippen molar-refractivity contribution in [1.82, 2.24) is 9.55 Å². The molecule has 0 amide bonds. The number of aliphatic carboxylic acids is 1. The number of carboxylic acids is 1. The molecule has 9 nitrogen and oxygen atoms in total. The van der Waals surface area contributed by atoms with E-state index in [2.05, 4.69) is 4.98 Å². The van der Waals surface area contributed by atoms with Crippen LogP contribution in [0.2, 0.25) is 0 Å². The van der Waals surface area contributed by atoms with E-state index in [-0.39, 0.29) is 25.2 Å². The first-order valence-corrected chi connectivity index (χ1v) is 10.4. The van der Waals surface area contributed by atoms with Gasteiger partial charge in [-0.1, -0.05) is 12.1 Å². The number of nitriles is 2. The van der Waals surface area contributed by atoms with Gasteiger partial charge in [-0.15, -0.1) is 0 Å². The summed E-state index contributed by atoms with van der Waals surface area (Å²) < 4.78 is 12.1. The molecule has 1 unspecified atom stereocenters. The third kappa shape index (κ3) is 6.11. The van der Waals surface area contributed by atoms with Gasteiger partial charge in [0.05, 0.1) is 31.4 Å². The second kappa shape index (κ2) is 10.2. The highest BCUT2D eigenvalue weighted by Gasteiger charge is 2.48. The van der Waals surface area contributed by atoms with Crippen LogP contribution in [-0.2, 0) is 32.7 Å². The molecular formula is C24H28N4O5. The number of rotatable bonds is 9. The average molecular weight is 453 g/mol. The van der Waals surface area contributed by atoms with Crippen molar-refractivity contribution in [3.05, 3.63) is 47.5 Å². The summed E-state index contributed by atoms with van der Waals surface area (Å²) in [5.74, 6) is -2.46. The number of hydrogen-bond acceptors (Lipinski definition) is 7. The van der Waals surface area contributed by atoms with Gasteiger partial charge in [-0.3, -0.25) is 9.59 Å². The molecule has 0 bridgehead atoms. The van der Waals surface area contributed by atoms with Gasteiger partial charge in [0.15, 0.2) is 11.3 Å². The Morgan fingerprint density at radius 2 is 1.76 bits per heavy atom. The lowest BCUT2D eigenvalue weighted by Gasteiger charge is -2.25. The Hall–Kier alpha value is -3.85. The van der Waals surface area contributed by atoms with E-state index in [9.17, 15) is 25.2 Å². The molecule has 174 valence electrons. The zero-order valence-corrected chi connectivity index (χ0v) is 19.5. The first-order valence-electron chi connectivity index (χ1n) is 10.4. The number of imidazole rings is 1. The summed E-state index contributed by atoms with van der Waals surface area (Å²) >= 11 is 0. The highest BCUT2D eigenvalue weighted by atomic mass is 16.6. The number of esters is 1. The van der Waals surface area contributed by atoms with Crippen molar-refractivity contribution >= 4 is 11.9 Å². The number of carbonyl (C=O) groups is 2. The third-order valence-electron chi connectivity index (χ3n) is 5.09. The number of hydrogen-bond donors (Lipinski definition) is 1. The number of aromatic nitrogens is 2. The average Bonchev–Trinajstić information content (AvgIpc) is 3.15. The van der Waals surface area contributed by atoms with Gasteiger partial charge in [-0.25, -0.2) is 4.98 Å². The van der Waals surface area contributed by atoms with Gasteiger partial charge in [0, 0.05) is 19.2 Å². The molecule has 33 heavy (non-hydrogen) atoms. The topological polar surface area (TPSA) is 138 Å². The molecule has 0 spiro atoms. The highest BCUT2D eigenvalue weighted by Crippen LogP contribution is 2.33. The molecule has 2 aromatic rings. The van der Waals surface area contributed by atoms with E-state index in [1.54, 1.807) is 62.9 Å². The summed E-state index contributed by atoms with van der Waals surface area (Å²) in [7, 11) is 1.56. The summed E-state index contributed by atoms with van der Waals surface area (Å²) in [6.45, 7) is 6.89. The van der Waals surface area contributed by atoms with Crippen molar-refractivity contribution in [1.29, 1.82) is 10.5 Å². The fourth-order valence-electron chi connectivity index (χ4n) is 3.31. The van der Waals surface area contributed by atoms with Gasteiger partial charge in [0.25, 0.3) is 0 Å². The van der Waals surface area contributed by atoms with Crippen LogP contribution in [-0.4, -0.2) is 39.3 Å². The lowest BCUT2D eigenvalue weighted by atomic mass is 9.77. The van der Waals surface area contributed by atoms with Crippen LogP contribution in [0.4, 0.5) is 0 Å². The molecule has 9 heteroatoms. The highest BCUT2D eigenvalue weighted by molar-refractivity contribution is 5.81. The van der Waals surface area contributed by atoms with E-state index in [0.717, 1.165) is 5.56 Å². The normalized spacial score (nSPS) is 13.0. The quantitative estimate of drug-likeness (QED) is 0.572. The van der Waals surface area contributed by atoms with Gasteiger partial charge < -0.3 is 19.1 Å². The van der Waals surface area contributed by atoms with E-state index in [0.29, 0.717) is 11.4 Å². The van der Waals surface area contributed by atoms with Crippen molar-refractivity contribution in [2.24, 2.45) is 5.92 Å². The van der Waals surface area contributed by atoms with Crippen LogP contribution in [0.5, 0.6) is 5.75 Å². The minimum atomic E-state index is -1.87. The van der Waals surface area contributed by atoms with E-state index >= 15 is 0 Å². The number of ether oxygens (including phenoxy) is 2. The van der Waals surface area contributed by atoms with Crippen LogP contribution in [0.25, 0.3) is 0 Å². The van der Waals surface area contributed by atoms with E-state index in [1.165, 1.54) is 6.92 Å². The monoisotopic (exact) mass is 452 g/mol. The van der Waals surface area contributed by atoms with Gasteiger partial charge in [-0.05, 0) is 45.4 Å². The summed E-state index contributed by atoms with van der Waals surface area (Å²) in [4.78, 5) is 28.9. The number of benzene rings is 1. The number of carbonyl (C=O) groups excluding carboxylic acids is 1. The maximum atomic E-state index is 12.3. The van der Waals surface area contributed by atoms with Crippen molar-refractivity contribution in [2.75, 3.05) is 7.11 Å². The Morgan fingerprint density at radius 3 is 2.24 bits per heavy atom. The molecule has 1 atom stereocenters. The summed E-state index contributed by atoms with van der Waals surface area (Å²) in [5.41, 5.74) is -1.19. The van der Waals surface area contributed by atoms with Crippen LogP contribution < -0.4 is 4.74 Å². The lowest BCUT2D eigenvalue weighted by Crippen LogP contribution is -2.41. The molecule has 1 heterocycles. The molecule has 1 aromatic heterocycles. The largest absolute Gasteiger partial charge is 0.497 e. The summed E-state index contributed by atoms with van der Waals surface area (Å²) in [6.07, 6.45) is 1.92. The molecule has 0 radical (unpaired) electrons. The van der Waals surface area contributed by atoms with E-state index < -0.39 is 28.9 Å². The Bertz CT molecular complexity index is 1070. The van der Waals surface area contributed by atoms with Crippen LogP contribution in [0, 0.1) is 28.6 Å². The number of nitrogens with zero attached hydrogens (tertiary/aromatic N) is 4. The first kappa shape index (κ1) is 25.4. The van der Waals surface area contributed by atoms with Gasteiger partial charge in [0.2, 0.25) is 0 Å². The predicted octanol–water partition coefficient (Wildman–Crippen LogP) is 3.22. The van der Waals surface area contributed by atoms with E-state index in [4.69, 9.17) is 9.47 Å². The SMILES string of the molecule is COc1ccc(Cn2cc(CCC(=O)OC(C)(C)C)nc2C(C)(C(=O)O)C(C#N)C#N)cc1. The van der Waals surface area contributed by atoms with E-state index in [1.807, 2.05) is 12.1 Å². The Labute approximate surface area is 193 Å². The number of methoxy groups -OCH3 is 1. The van der Waals surface area contributed by atoms with Crippen molar-refractivity contribution in [2.45, 2.75) is 58.1 Å². The van der Waals surface area contributed by atoms with Crippen LogP contribution in [0.1, 0.15) is 51.2 Å². The van der Waals surface area contributed by atoms with Crippen LogP contribution in [0.15, 0.2) is 30.5 Å². The number of carboxylic acid groups (broad SMARTS) is 1. The standard InChI is InChI=1S/C24H28N4O5/c1-23(2,3)33-20(29)11-8-18-15-28(14-16-6-9-19(32-5)10-7-16)21(27-18)24(4,22(30)31)17(12-25)13-26/h6-7,9-10,15,17H,8,11,14H2,1-5H3,(H,30,31). The smallest absolute Gasteiger partial charge is 0.319 e. The zero-order valence-electron chi connectivity index (χ0n) is 19.5. The fraction of sp³-hybridized carbons (Fsp3) is 0.458. The summed E-state index contributed by atoms with van der Waals surface area (Å²) in [5, 5.41) is 28.9. The second-order valence-corrected chi connectivity index (χ2v) is 8.82. The van der Waals surface area contributed by atoms with Gasteiger partial charge >= 0.3 is 11.9 Å². The van der Waals surface area contributed by atoms with Crippen LogP contribution in [0.3, 0.4) is 0 Å². The van der Waals surface area contributed by atoms with Gasteiger partial charge in [-0.2, -0.15) is 10.5 Å². The molecule has 0 aliphatic carbocycles. The number of aryl methyl sites for hydroxylation is 1. The molecule has 0 fully saturated rings. The van der Waals surface area contributed by atoms with Crippen molar-refractivity contribution < 1.29 is 24.2 Å². The predicted molar refractivity (Wildman–Crippen MR) is 118 cm³/mol. The molecule has 0 aliphatic rings. The third-order valence-corrected chi connectivity index (χ3v) is 5.09. The molecule has 0 aliphatic heterocycles. The Morgan fingerprint density at radius 1 is 1.15 bits per heavy atom. The van der Waals surface area contributed by atoms with Gasteiger partial charge in [0.1, 0.15) is 17.2 Å². The molecule has 0 saturated heterocycles. The minimum absolute atomic E-state index is 0.0555. The Balaban J connectivity index is 2.46. The maximum absolute atomic E-state index is 12.3. The first-order chi connectivity index (χ1) is 15.4. The van der Waals surface area contributed by atoms with Crippen molar-refractivity contribution in [3.63, 3.8) is 0 Å². The lowest BCUT2D eigenvalue weighted by molar-refractivity contribution is -0.154. The molecule has 2 rings (SSSR count). The zero-order chi connectivity index (χ0) is 24.8. The minimum Gasteiger partial charge on any atom is -0.497 e. The summed E-state index contributed by atoms with van der Waals surface area (Å²) in [6, 6.07) is 10.8. The molecule has 1 aromatic carbocycles. The maximum Gasteiger partial charge on any atom is 0.319 e. The second-order valence-electron chi connectivity index (χ2n) is 8.82. The van der Waals surface area contributed by atoms with Crippen LogP contribution >= 0.6 is 0 Å². The Kier molecular flexibility index (Phi) is 7.84. The fourth-order valence-corrected chi connectivity index (χ4v) is 3.31. The molecular weight excluding hydrogens is 424 g/mol. The molecule has 1 N–H and O–H groups in total. The molecule has 0 saturated carbocycles. The van der Waals surface area contributed by atoms with Crippen molar-refractivity contribution in [3.8, 4) is 17.9 Å².